The van der Waals surface area contributed by atoms with Crippen LogP contribution in [0.25, 0.3) is 0 Å². The van der Waals surface area contributed by atoms with Gasteiger partial charge in [0.2, 0.25) is 11.8 Å². The first-order valence-corrected chi connectivity index (χ1v) is 8.92. The smallest absolute Gasteiger partial charge is 0.255 e. The summed E-state index contributed by atoms with van der Waals surface area (Å²) in [5.74, 6) is -1.54. The molecule has 8 heteroatoms. The first-order valence-electron chi connectivity index (χ1n) is 8.92. The lowest BCUT2D eigenvalue weighted by Gasteiger charge is -2.29. The van der Waals surface area contributed by atoms with Crippen molar-refractivity contribution in [1.29, 1.82) is 0 Å². The topological polar surface area (TPSA) is 98.7 Å². The molecular formula is C20H18FN3O4. The van der Waals surface area contributed by atoms with E-state index in [1.54, 1.807) is 18.2 Å². The number of benzene rings is 2. The minimum Gasteiger partial charge on any atom is -0.508 e. The summed E-state index contributed by atoms with van der Waals surface area (Å²) >= 11 is 0. The van der Waals surface area contributed by atoms with Crippen LogP contribution in [0.1, 0.15) is 34.3 Å². The van der Waals surface area contributed by atoms with E-state index < -0.39 is 17.8 Å². The zero-order valence-corrected chi connectivity index (χ0v) is 14.9. The number of halogens is 1. The molecule has 28 heavy (non-hydrogen) atoms. The van der Waals surface area contributed by atoms with Crippen LogP contribution in [-0.4, -0.2) is 33.8 Å². The summed E-state index contributed by atoms with van der Waals surface area (Å²) < 4.78 is 13.9. The lowest BCUT2D eigenvalue weighted by molar-refractivity contribution is -0.136. The second-order valence-corrected chi connectivity index (χ2v) is 6.86. The molecule has 3 amide bonds. The first kappa shape index (κ1) is 18.0. The number of rotatable bonds is 4. The summed E-state index contributed by atoms with van der Waals surface area (Å²) in [5.41, 5.74) is 2.15. The molecular weight excluding hydrogens is 365 g/mol. The van der Waals surface area contributed by atoms with Crippen molar-refractivity contribution in [2.45, 2.75) is 32.0 Å². The van der Waals surface area contributed by atoms with Gasteiger partial charge in [0.05, 0.1) is 0 Å². The van der Waals surface area contributed by atoms with Crippen LogP contribution in [0.3, 0.4) is 0 Å². The van der Waals surface area contributed by atoms with Gasteiger partial charge in [-0.15, -0.1) is 0 Å². The van der Waals surface area contributed by atoms with Gasteiger partial charge in [-0.1, -0.05) is 6.07 Å². The Morgan fingerprint density at radius 1 is 1.21 bits per heavy atom. The SMILES string of the molecule is O=C1CC[C@@H](N2Cc3c(NCc4cc(O)ccc4F)cccc3C2=O)C(=O)N1. The van der Waals surface area contributed by atoms with Crippen LogP contribution >= 0.6 is 0 Å². The number of nitrogens with zero attached hydrogens (tertiary/aromatic N) is 1. The molecule has 2 aliphatic heterocycles. The molecule has 1 atom stereocenters. The fourth-order valence-electron chi connectivity index (χ4n) is 3.64. The molecule has 1 saturated heterocycles. The molecule has 0 aromatic heterocycles. The van der Waals surface area contributed by atoms with Gasteiger partial charge in [0.15, 0.2) is 0 Å². The summed E-state index contributed by atoms with van der Waals surface area (Å²) in [6.45, 7) is 0.357. The second kappa shape index (κ2) is 6.95. The van der Waals surface area contributed by atoms with E-state index in [-0.39, 0.29) is 37.1 Å². The van der Waals surface area contributed by atoms with Crippen molar-refractivity contribution in [2.24, 2.45) is 0 Å². The Bertz CT molecular complexity index is 991. The molecule has 2 aliphatic rings. The number of piperidine rings is 1. The van der Waals surface area contributed by atoms with E-state index in [9.17, 15) is 23.9 Å². The maximum Gasteiger partial charge on any atom is 0.255 e. The number of phenols is 1. The summed E-state index contributed by atoms with van der Waals surface area (Å²) in [7, 11) is 0. The Hall–Kier alpha value is -3.42. The van der Waals surface area contributed by atoms with E-state index in [1.165, 1.54) is 23.1 Å². The number of hydrogen-bond acceptors (Lipinski definition) is 5. The third-order valence-electron chi connectivity index (χ3n) is 5.08. The van der Waals surface area contributed by atoms with Gasteiger partial charge in [0.25, 0.3) is 5.91 Å². The van der Waals surface area contributed by atoms with Crippen LogP contribution in [0.2, 0.25) is 0 Å². The number of anilines is 1. The summed E-state index contributed by atoms with van der Waals surface area (Å²) in [4.78, 5) is 37.8. The molecule has 4 rings (SSSR count). The van der Waals surface area contributed by atoms with Gasteiger partial charge in [-0.05, 0) is 36.8 Å². The highest BCUT2D eigenvalue weighted by Crippen LogP contribution is 2.32. The van der Waals surface area contributed by atoms with Gasteiger partial charge in [-0.2, -0.15) is 0 Å². The highest BCUT2D eigenvalue weighted by atomic mass is 19.1. The van der Waals surface area contributed by atoms with Gasteiger partial charge in [-0.3, -0.25) is 19.7 Å². The zero-order chi connectivity index (χ0) is 19.8. The lowest BCUT2D eigenvalue weighted by atomic mass is 10.0. The number of imide groups is 1. The Morgan fingerprint density at radius 2 is 2.04 bits per heavy atom. The third kappa shape index (κ3) is 3.17. The average Bonchev–Trinajstić information content (AvgIpc) is 3.00. The number of amides is 3. The first-order chi connectivity index (χ1) is 13.4. The Morgan fingerprint density at radius 3 is 2.82 bits per heavy atom. The van der Waals surface area contributed by atoms with E-state index in [0.717, 1.165) is 5.56 Å². The number of nitrogens with one attached hydrogen (secondary N) is 2. The largest absolute Gasteiger partial charge is 0.508 e. The quantitative estimate of drug-likeness (QED) is 0.701. The van der Waals surface area contributed by atoms with E-state index in [2.05, 4.69) is 10.6 Å². The second-order valence-electron chi connectivity index (χ2n) is 6.86. The highest BCUT2D eigenvalue weighted by Gasteiger charge is 2.39. The van der Waals surface area contributed by atoms with Crippen LogP contribution in [-0.2, 0) is 22.7 Å². The predicted octanol–water partition coefficient (Wildman–Crippen LogP) is 1.90. The van der Waals surface area contributed by atoms with Crippen molar-refractivity contribution in [3.8, 4) is 5.75 Å². The normalized spacial score (nSPS) is 18.8. The van der Waals surface area contributed by atoms with Crippen LogP contribution in [0.15, 0.2) is 36.4 Å². The monoisotopic (exact) mass is 383 g/mol. The molecule has 0 saturated carbocycles. The van der Waals surface area contributed by atoms with E-state index in [4.69, 9.17) is 0 Å². The Kier molecular flexibility index (Phi) is 4.46. The minimum absolute atomic E-state index is 0.0318. The molecule has 7 nitrogen and oxygen atoms in total. The molecule has 0 aliphatic carbocycles. The van der Waals surface area contributed by atoms with E-state index >= 15 is 0 Å². The third-order valence-corrected chi connectivity index (χ3v) is 5.08. The van der Waals surface area contributed by atoms with Gasteiger partial charge in [-0.25, -0.2) is 4.39 Å². The number of hydrogen-bond donors (Lipinski definition) is 3. The summed E-state index contributed by atoms with van der Waals surface area (Å²) in [5, 5.41) is 14.9. The standard InChI is InChI=1S/C20H18FN3O4/c21-15-5-4-12(25)8-11(15)9-22-16-3-1-2-13-14(16)10-24(20(13)28)17-6-7-18(26)23-19(17)27/h1-5,8,17,22,25H,6-7,9-10H2,(H,23,26,27)/t17-/m1/s1. The van der Waals surface area contributed by atoms with E-state index in [1.807, 2.05) is 0 Å². The fraction of sp³-hybridized carbons (Fsp3) is 0.250. The van der Waals surface area contributed by atoms with Gasteiger partial charge < -0.3 is 15.3 Å². The van der Waals surface area contributed by atoms with Crippen LogP contribution in [0.4, 0.5) is 10.1 Å². The molecule has 2 aromatic rings. The fourth-order valence-corrected chi connectivity index (χ4v) is 3.64. The Labute approximate surface area is 160 Å². The van der Waals surface area contributed by atoms with Crippen LogP contribution < -0.4 is 10.6 Å². The summed E-state index contributed by atoms with van der Waals surface area (Å²) in [6.07, 6.45) is 0.486. The van der Waals surface area contributed by atoms with Crippen molar-refractivity contribution in [2.75, 3.05) is 5.32 Å². The molecule has 2 aromatic carbocycles. The maximum atomic E-state index is 13.9. The molecule has 0 radical (unpaired) electrons. The number of carbonyl (C=O) groups is 3. The van der Waals surface area contributed by atoms with Crippen molar-refractivity contribution in [3.63, 3.8) is 0 Å². The van der Waals surface area contributed by atoms with Crippen molar-refractivity contribution < 1.29 is 23.9 Å². The van der Waals surface area contributed by atoms with Crippen molar-refractivity contribution in [3.05, 3.63) is 58.9 Å². The molecule has 3 N–H and O–H groups in total. The highest BCUT2D eigenvalue weighted by molar-refractivity contribution is 6.06. The van der Waals surface area contributed by atoms with Gasteiger partial charge in [0, 0.05) is 41.9 Å². The number of aromatic hydroxyl groups is 1. The zero-order valence-electron chi connectivity index (χ0n) is 14.9. The van der Waals surface area contributed by atoms with Gasteiger partial charge in [0.1, 0.15) is 17.6 Å². The number of phenolic OH excluding ortho intramolecular Hbond substituents is 1. The molecule has 1 fully saturated rings. The predicted molar refractivity (Wildman–Crippen MR) is 97.9 cm³/mol. The minimum atomic E-state index is -0.686. The Balaban J connectivity index is 1.55. The number of fused-ring (bicyclic) bond motifs is 1. The molecule has 0 spiro atoms. The van der Waals surface area contributed by atoms with Crippen LogP contribution in [0.5, 0.6) is 5.75 Å². The van der Waals surface area contributed by atoms with Crippen molar-refractivity contribution >= 4 is 23.4 Å². The molecule has 0 bridgehead atoms. The van der Waals surface area contributed by atoms with Crippen molar-refractivity contribution in [1.82, 2.24) is 10.2 Å². The van der Waals surface area contributed by atoms with Gasteiger partial charge >= 0.3 is 0 Å². The average molecular weight is 383 g/mol. The van der Waals surface area contributed by atoms with E-state index in [0.29, 0.717) is 23.2 Å². The maximum absolute atomic E-state index is 13.9. The molecule has 2 heterocycles. The van der Waals surface area contributed by atoms with Crippen LogP contribution in [0, 0.1) is 5.82 Å². The molecule has 144 valence electrons. The molecule has 0 unspecified atom stereocenters. The number of carbonyl (C=O) groups excluding carboxylic acids is 3. The summed E-state index contributed by atoms with van der Waals surface area (Å²) in [6, 6.07) is 8.29. The lowest BCUT2D eigenvalue weighted by Crippen LogP contribution is -2.52.